The summed E-state index contributed by atoms with van der Waals surface area (Å²) < 4.78 is 29.3. The molecule has 0 fully saturated rings. The second-order valence-corrected chi connectivity index (χ2v) is 6.20. The van der Waals surface area contributed by atoms with Gasteiger partial charge in [-0.15, -0.1) is 0 Å². The molecule has 118 valence electrons. The minimum Gasteiger partial charge on any atom is -0.383 e. The lowest BCUT2D eigenvalue weighted by Gasteiger charge is -2.08. The van der Waals surface area contributed by atoms with Gasteiger partial charge < -0.3 is 15.4 Å². The molecule has 0 heterocycles. The van der Waals surface area contributed by atoms with E-state index in [0.29, 0.717) is 30.9 Å². The fraction of sp³-hybridized carbons (Fsp3) is 0.462. The van der Waals surface area contributed by atoms with E-state index >= 15 is 0 Å². The predicted molar refractivity (Wildman–Crippen MR) is 82.0 cm³/mol. The number of anilines is 1. The molecule has 21 heavy (non-hydrogen) atoms. The Kier molecular flexibility index (Phi) is 7.13. The van der Waals surface area contributed by atoms with Gasteiger partial charge in [-0.25, -0.2) is 8.42 Å². The van der Waals surface area contributed by atoms with E-state index in [4.69, 9.17) is 4.74 Å². The van der Waals surface area contributed by atoms with Crippen LogP contribution in [0.15, 0.2) is 24.3 Å². The zero-order valence-electron chi connectivity index (χ0n) is 12.2. The summed E-state index contributed by atoms with van der Waals surface area (Å²) in [6.45, 7) is 2.52. The molecule has 0 radical (unpaired) electrons. The van der Waals surface area contributed by atoms with E-state index < -0.39 is 10.0 Å². The van der Waals surface area contributed by atoms with Gasteiger partial charge in [0.15, 0.2) is 0 Å². The number of benzene rings is 1. The third-order valence-corrected chi connectivity index (χ3v) is 3.13. The third kappa shape index (κ3) is 7.64. The van der Waals surface area contributed by atoms with E-state index in [9.17, 15) is 13.2 Å². The Hall–Kier alpha value is -1.64. The van der Waals surface area contributed by atoms with Crippen LogP contribution in [-0.2, 0) is 14.8 Å². The molecule has 0 aliphatic carbocycles. The molecule has 1 rings (SSSR count). The van der Waals surface area contributed by atoms with Crippen LogP contribution in [-0.4, -0.2) is 53.9 Å². The second kappa shape index (κ2) is 8.60. The van der Waals surface area contributed by atoms with Gasteiger partial charge in [0.25, 0.3) is 5.91 Å². The highest BCUT2D eigenvalue weighted by Gasteiger charge is 2.06. The van der Waals surface area contributed by atoms with E-state index in [1.807, 2.05) is 0 Å². The molecule has 1 aromatic rings. The SMILES string of the molecule is COCCNCCNC(=O)c1ccc(NS(C)(=O)=O)cc1. The van der Waals surface area contributed by atoms with Crippen LogP contribution in [0, 0.1) is 0 Å². The average molecular weight is 315 g/mol. The lowest BCUT2D eigenvalue weighted by atomic mass is 10.2. The van der Waals surface area contributed by atoms with Gasteiger partial charge in [0, 0.05) is 38.0 Å². The topological polar surface area (TPSA) is 96.5 Å². The van der Waals surface area contributed by atoms with Gasteiger partial charge in [-0.3, -0.25) is 9.52 Å². The first-order valence-corrected chi connectivity index (χ1v) is 8.37. The number of hydrogen-bond donors (Lipinski definition) is 3. The fourth-order valence-corrected chi connectivity index (χ4v) is 2.13. The highest BCUT2D eigenvalue weighted by molar-refractivity contribution is 7.92. The van der Waals surface area contributed by atoms with Crippen LogP contribution in [0.1, 0.15) is 10.4 Å². The van der Waals surface area contributed by atoms with Crippen molar-refractivity contribution in [1.29, 1.82) is 0 Å². The van der Waals surface area contributed by atoms with E-state index in [1.165, 1.54) is 0 Å². The number of sulfonamides is 1. The summed E-state index contributed by atoms with van der Waals surface area (Å²) in [6, 6.07) is 6.24. The highest BCUT2D eigenvalue weighted by Crippen LogP contribution is 2.10. The number of rotatable bonds is 9. The van der Waals surface area contributed by atoms with Crippen molar-refractivity contribution in [1.82, 2.24) is 10.6 Å². The molecule has 0 unspecified atom stereocenters. The van der Waals surface area contributed by atoms with E-state index in [-0.39, 0.29) is 5.91 Å². The van der Waals surface area contributed by atoms with E-state index in [2.05, 4.69) is 15.4 Å². The van der Waals surface area contributed by atoms with Crippen LogP contribution >= 0.6 is 0 Å². The molecule has 8 heteroatoms. The molecule has 0 saturated heterocycles. The smallest absolute Gasteiger partial charge is 0.251 e. The largest absolute Gasteiger partial charge is 0.383 e. The van der Waals surface area contributed by atoms with Crippen molar-refractivity contribution in [3.63, 3.8) is 0 Å². The Morgan fingerprint density at radius 1 is 1.14 bits per heavy atom. The molecule has 0 spiro atoms. The van der Waals surface area contributed by atoms with Gasteiger partial charge in [0.05, 0.1) is 12.9 Å². The highest BCUT2D eigenvalue weighted by atomic mass is 32.2. The molecular weight excluding hydrogens is 294 g/mol. The van der Waals surface area contributed by atoms with Crippen molar-refractivity contribution in [2.45, 2.75) is 0 Å². The molecule has 1 aromatic carbocycles. The summed E-state index contributed by atoms with van der Waals surface area (Å²) in [7, 11) is -1.67. The van der Waals surface area contributed by atoms with Crippen LogP contribution in [0.25, 0.3) is 0 Å². The van der Waals surface area contributed by atoms with Crippen LogP contribution < -0.4 is 15.4 Å². The zero-order chi connectivity index (χ0) is 15.7. The third-order valence-electron chi connectivity index (χ3n) is 2.52. The number of carbonyl (C=O) groups excluding carboxylic acids is 1. The van der Waals surface area contributed by atoms with Crippen molar-refractivity contribution in [2.24, 2.45) is 0 Å². The average Bonchev–Trinajstić information content (AvgIpc) is 2.41. The number of carbonyl (C=O) groups is 1. The van der Waals surface area contributed by atoms with E-state index in [1.54, 1.807) is 31.4 Å². The first kappa shape index (κ1) is 17.4. The summed E-state index contributed by atoms with van der Waals surface area (Å²) in [6.07, 6.45) is 1.07. The van der Waals surface area contributed by atoms with Crippen molar-refractivity contribution in [3.05, 3.63) is 29.8 Å². The second-order valence-electron chi connectivity index (χ2n) is 4.45. The molecule has 0 saturated carbocycles. The minimum atomic E-state index is -3.30. The summed E-state index contributed by atoms with van der Waals surface area (Å²) in [5, 5.41) is 5.87. The number of hydrogen-bond acceptors (Lipinski definition) is 5. The first-order chi connectivity index (χ1) is 9.92. The van der Waals surface area contributed by atoms with Crippen molar-refractivity contribution < 1.29 is 17.9 Å². The van der Waals surface area contributed by atoms with Crippen molar-refractivity contribution in [2.75, 3.05) is 44.3 Å². The molecule has 0 aliphatic rings. The summed E-state index contributed by atoms with van der Waals surface area (Å²) in [5.41, 5.74) is 0.904. The molecule has 0 aromatic heterocycles. The number of amides is 1. The normalized spacial score (nSPS) is 11.1. The maximum absolute atomic E-state index is 11.8. The maximum Gasteiger partial charge on any atom is 0.251 e. The Bertz CT molecular complexity index is 543. The number of ether oxygens (including phenoxy) is 1. The van der Waals surface area contributed by atoms with Gasteiger partial charge in [-0.1, -0.05) is 0 Å². The van der Waals surface area contributed by atoms with Crippen molar-refractivity contribution >= 4 is 21.6 Å². The quantitative estimate of drug-likeness (QED) is 0.559. The minimum absolute atomic E-state index is 0.200. The van der Waals surface area contributed by atoms with Crippen LogP contribution in [0.4, 0.5) is 5.69 Å². The summed E-state index contributed by atoms with van der Waals surface area (Å²) >= 11 is 0. The molecule has 0 atom stereocenters. The standard InChI is InChI=1S/C13H21N3O4S/c1-20-10-9-14-7-8-15-13(17)11-3-5-12(6-4-11)16-21(2,18)19/h3-6,14,16H,7-10H2,1-2H3,(H,15,17). The Balaban J connectivity index is 2.38. The summed E-state index contributed by atoms with van der Waals surface area (Å²) in [4.78, 5) is 11.8. The van der Waals surface area contributed by atoms with Gasteiger partial charge in [0.2, 0.25) is 10.0 Å². The van der Waals surface area contributed by atoms with Gasteiger partial charge in [0.1, 0.15) is 0 Å². The number of nitrogens with one attached hydrogen (secondary N) is 3. The maximum atomic E-state index is 11.8. The van der Waals surface area contributed by atoms with Gasteiger partial charge >= 0.3 is 0 Å². The first-order valence-electron chi connectivity index (χ1n) is 6.48. The van der Waals surface area contributed by atoms with Crippen molar-refractivity contribution in [3.8, 4) is 0 Å². The monoisotopic (exact) mass is 315 g/mol. The predicted octanol–water partition coefficient (Wildman–Crippen LogP) is 0.0239. The lowest BCUT2D eigenvalue weighted by Crippen LogP contribution is -2.33. The molecule has 0 bridgehead atoms. The van der Waals surface area contributed by atoms with Crippen LogP contribution in [0.5, 0.6) is 0 Å². The fourth-order valence-electron chi connectivity index (χ4n) is 1.57. The molecule has 7 nitrogen and oxygen atoms in total. The molecular formula is C13H21N3O4S. The van der Waals surface area contributed by atoms with Crippen LogP contribution in [0.2, 0.25) is 0 Å². The summed E-state index contributed by atoms with van der Waals surface area (Å²) in [5.74, 6) is -0.200. The molecule has 3 N–H and O–H groups in total. The Morgan fingerprint density at radius 3 is 2.38 bits per heavy atom. The van der Waals surface area contributed by atoms with Crippen LogP contribution in [0.3, 0.4) is 0 Å². The lowest BCUT2D eigenvalue weighted by molar-refractivity contribution is 0.0953. The molecule has 0 aliphatic heterocycles. The van der Waals surface area contributed by atoms with E-state index in [0.717, 1.165) is 12.8 Å². The number of methoxy groups -OCH3 is 1. The zero-order valence-corrected chi connectivity index (χ0v) is 13.0. The van der Waals surface area contributed by atoms with Gasteiger partial charge in [-0.05, 0) is 24.3 Å². The van der Waals surface area contributed by atoms with Gasteiger partial charge in [-0.2, -0.15) is 0 Å². The Labute approximate surface area is 125 Å². The Morgan fingerprint density at radius 2 is 1.81 bits per heavy atom. The molecule has 1 amide bonds.